The van der Waals surface area contributed by atoms with Gasteiger partial charge in [-0.25, -0.2) is 8.42 Å². The standard InChI is InChI=1S/C22H23N5O3S2/c1-14(2)32(29,30)22-25-21(31-26-22)24-20(28)19(12-23)11-18-10-15(3)27(16(18)4)13-17-8-6-5-7-9-17/h5-11,14H,13H2,1-4H3,(H,24,25,26,28)/b19-11-. The molecule has 0 saturated carbocycles. The second kappa shape index (κ2) is 9.46. The fourth-order valence-corrected chi connectivity index (χ4v) is 4.74. The number of carbonyl (C=O) groups is 1. The Kier molecular flexibility index (Phi) is 6.91. The zero-order valence-corrected chi connectivity index (χ0v) is 19.8. The van der Waals surface area contributed by atoms with Gasteiger partial charge in [0.05, 0.1) is 5.25 Å². The third kappa shape index (κ3) is 4.95. The Hall–Kier alpha value is -3.29. The molecule has 1 amide bonds. The van der Waals surface area contributed by atoms with Crippen LogP contribution in [0.25, 0.3) is 6.08 Å². The van der Waals surface area contributed by atoms with Crippen LogP contribution >= 0.6 is 11.5 Å². The Bertz CT molecular complexity index is 1310. The summed E-state index contributed by atoms with van der Waals surface area (Å²) in [5.41, 5.74) is 3.71. The summed E-state index contributed by atoms with van der Waals surface area (Å²) in [7, 11) is -3.65. The number of amides is 1. The molecule has 2 aromatic heterocycles. The lowest BCUT2D eigenvalue weighted by Crippen LogP contribution is -2.16. The molecule has 0 spiro atoms. The maximum Gasteiger partial charge on any atom is 0.268 e. The first-order valence-corrected chi connectivity index (χ1v) is 12.2. The summed E-state index contributed by atoms with van der Waals surface area (Å²) in [6.45, 7) is 7.64. The van der Waals surface area contributed by atoms with Crippen molar-refractivity contribution in [1.29, 1.82) is 5.26 Å². The van der Waals surface area contributed by atoms with Gasteiger partial charge in [-0.1, -0.05) is 30.3 Å². The summed E-state index contributed by atoms with van der Waals surface area (Å²) in [5, 5.41) is 11.0. The largest absolute Gasteiger partial charge is 0.344 e. The first kappa shape index (κ1) is 23.4. The monoisotopic (exact) mass is 469 g/mol. The fraction of sp³-hybridized carbons (Fsp3) is 0.273. The topological polar surface area (TPSA) is 118 Å². The first-order chi connectivity index (χ1) is 15.1. The van der Waals surface area contributed by atoms with E-state index >= 15 is 0 Å². The molecule has 2 heterocycles. The lowest BCUT2D eigenvalue weighted by molar-refractivity contribution is -0.112. The van der Waals surface area contributed by atoms with Crippen molar-refractivity contribution in [2.45, 2.75) is 44.6 Å². The highest BCUT2D eigenvalue weighted by atomic mass is 32.2. The third-order valence-electron chi connectivity index (χ3n) is 4.96. The molecule has 3 rings (SSSR count). The minimum atomic E-state index is -3.65. The van der Waals surface area contributed by atoms with Crippen molar-refractivity contribution in [3.63, 3.8) is 0 Å². The van der Waals surface area contributed by atoms with Gasteiger partial charge in [-0.2, -0.15) is 14.6 Å². The molecular weight excluding hydrogens is 446 g/mol. The zero-order valence-electron chi connectivity index (χ0n) is 18.2. The van der Waals surface area contributed by atoms with Gasteiger partial charge < -0.3 is 4.57 Å². The Morgan fingerprint density at radius 2 is 1.97 bits per heavy atom. The fourth-order valence-electron chi connectivity index (χ4n) is 3.04. The molecule has 0 aliphatic heterocycles. The lowest BCUT2D eigenvalue weighted by atomic mass is 10.1. The van der Waals surface area contributed by atoms with Crippen LogP contribution in [0.1, 0.15) is 36.4 Å². The van der Waals surface area contributed by atoms with E-state index in [4.69, 9.17) is 0 Å². The van der Waals surface area contributed by atoms with Gasteiger partial charge in [0, 0.05) is 29.5 Å². The maximum atomic E-state index is 12.6. The van der Waals surface area contributed by atoms with Crippen LogP contribution in [-0.2, 0) is 21.2 Å². The Morgan fingerprint density at radius 1 is 1.28 bits per heavy atom. The van der Waals surface area contributed by atoms with Crippen molar-refractivity contribution in [2.24, 2.45) is 0 Å². The number of hydrogen-bond donors (Lipinski definition) is 1. The molecule has 0 aliphatic rings. The summed E-state index contributed by atoms with van der Waals surface area (Å²) < 4.78 is 30.3. The minimum absolute atomic E-state index is 0.0184. The Balaban J connectivity index is 1.82. The van der Waals surface area contributed by atoms with Crippen LogP contribution in [0.3, 0.4) is 0 Å². The number of rotatable bonds is 7. The Labute approximate surface area is 191 Å². The molecule has 0 fully saturated rings. The van der Waals surface area contributed by atoms with E-state index in [2.05, 4.69) is 19.2 Å². The van der Waals surface area contributed by atoms with Crippen molar-refractivity contribution < 1.29 is 13.2 Å². The Morgan fingerprint density at radius 3 is 2.59 bits per heavy atom. The molecule has 32 heavy (non-hydrogen) atoms. The number of benzene rings is 1. The van der Waals surface area contributed by atoms with Gasteiger partial charge in [-0.05, 0) is 51.0 Å². The quantitative estimate of drug-likeness (QED) is 0.416. The van der Waals surface area contributed by atoms with E-state index in [9.17, 15) is 18.5 Å². The van der Waals surface area contributed by atoms with Crippen LogP contribution < -0.4 is 5.32 Å². The SMILES string of the molecule is Cc1cc(/C=C(/C#N)C(=O)Nc2nc(S(=O)(=O)C(C)C)ns2)c(C)n1Cc1ccccc1. The third-order valence-corrected chi connectivity index (χ3v) is 7.64. The van der Waals surface area contributed by atoms with Gasteiger partial charge in [-0.15, -0.1) is 0 Å². The number of aromatic nitrogens is 3. The molecule has 0 radical (unpaired) electrons. The summed E-state index contributed by atoms with van der Waals surface area (Å²) in [5.74, 6) is -0.676. The number of sulfone groups is 1. The number of nitrogens with zero attached hydrogens (tertiary/aromatic N) is 4. The molecule has 1 N–H and O–H groups in total. The van der Waals surface area contributed by atoms with Crippen molar-refractivity contribution in [3.05, 3.63) is 64.5 Å². The number of anilines is 1. The second-order valence-electron chi connectivity index (χ2n) is 7.50. The zero-order chi connectivity index (χ0) is 23.5. The van der Waals surface area contributed by atoms with Gasteiger partial charge in [0.2, 0.25) is 15.0 Å². The smallest absolute Gasteiger partial charge is 0.268 e. The van der Waals surface area contributed by atoms with E-state index in [1.54, 1.807) is 0 Å². The van der Waals surface area contributed by atoms with Gasteiger partial charge in [0.15, 0.2) is 0 Å². The molecule has 1 aromatic carbocycles. The normalized spacial score (nSPS) is 12.1. The predicted molar refractivity (Wildman–Crippen MR) is 124 cm³/mol. The van der Waals surface area contributed by atoms with Crippen molar-refractivity contribution >= 4 is 38.5 Å². The number of carbonyl (C=O) groups excluding carboxylic acids is 1. The van der Waals surface area contributed by atoms with E-state index in [1.165, 1.54) is 19.9 Å². The minimum Gasteiger partial charge on any atom is -0.344 e. The molecule has 10 heteroatoms. The number of aryl methyl sites for hydroxylation is 1. The van der Waals surface area contributed by atoms with Crippen LogP contribution in [-0.4, -0.2) is 33.5 Å². The number of nitriles is 1. The molecule has 0 unspecified atom stereocenters. The van der Waals surface area contributed by atoms with Crippen molar-refractivity contribution in [2.75, 3.05) is 5.32 Å². The van der Waals surface area contributed by atoms with E-state index in [1.807, 2.05) is 56.3 Å². The van der Waals surface area contributed by atoms with Gasteiger partial charge in [-0.3, -0.25) is 10.1 Å². The molecule has 8 nitrogen and oxygen atoms in total. The van der Waals surface area contributed by atoms with Crippen LogP contribution in [0.4, 0.5) is 5.13 Å². The van der Waals surface area contributed by atoms with E-state index in [0.717, 1.165) is 34.0 Å². The van der Waals surface area contributed by atoms with Gasteiger partial charge in [0.25, 0.3) is 11.1 Å². The highest BCUT2D eigenvalue weighted by Gasteiger charge is 2.25. The number of nitrogens with one attached hydrogen (secondary N) is 1. The van der Waals surface area contributed by atoms with E-state index < -0.39 is 21.0 Å². The average Bonchev–Trinajstić information content (AvgIpc) is 3.33. The van der Waals surface area contributed by atoms with E-state index in [-0.39, 0.29) is 15.9 Å². The van der Waals surface area contributed by atoms with E-state index in [0.29, 0.717) is 6.54 Å². The number of hydrogen-bond acceptors (Lipinski definition) is 7. The van der Waals surface area contributed by atoms with Crippen molar-refractivity contribution in [3.8, 4) is 6.07 Å². The molecule has 3 aromatic rings. The summed E-state index contributed by atoms with van der Waals surface area (Å²) in [6, 6.07) is 13.8. The summed E-state index contributed by atoms with van der Waals surface area (Å²) in [6.07, 6.45) is 1.52. The summed E-state index contributed by atoms with van der Waals surface area (Å²) >= 11 is 0.754. The van der Waals surface area contributed by atoms with Crippen LogP contribution in [0.5, 0.6) is 0 Å². The average molecular weight is 470 g/mol. The lowest BCUT2D eigenvalue weighted by Gasteiger charge is -2.09. The molecule has 166 valence electrons. The van der Waals surface area contributed by atoms with Crippen LogP contribution in [0.15, 0.2) is 47.1 Å². The molecule has 0 saturated heterocycles. The van der Waals surface area contributed by atoms with Crippen molar-refractivity contribution in [1.82, 2.24) is 13.9 Å². The highest BCUT2D eigenvalue weighted by Crippen LogP contribution is 2.22. The molecule has 0 bridgehead atoms. The van der Waals surface area contributed by atoms with Gasteiger partial charge >= 0.3 is 0 Å². The van der Waals surface area contributed by atoms with Gasteiger partial charge in [0.1, 0.15) is 11.6 Å². The second-order valence-corrected chi connectivity index (χ2v) is 10.6. The summed E-state index contributed by atoms with van der Waals surface area (Å²) in [4.78, 5) is 16.5. The molecular formula is C22H23N5O3S2. The first-order valence-electron chi connectivity index (χ1n) is 9.85. The van der Waals surface area contributed by atoms with Crippen LogP contribution in [0.2, 0.25) is 0 Å². The predicted octanol–water partition coefficient (Wildman–Crippen LogP) is 3.73. The van der Waals surface area contributed by atoms with Crippen LogP contribution in [0, 0.1) is 25.2 Å². The maximum absolute atomic E-state index is 12.6. The molecule has 0 aliphatic carbocycles. The molecule has 0 atom stereocenters. The highest BCUT2D eigenvalue weighted by molar-refractivity contribution is 7.91.